The third-order valence-electron chi connectivity index (χ3n) is 5.23. The molecule has 1 saturated heterocycles. The van der Waals surface area contributed by atoms with Gasteiger partial charge in [0.2, 0.25) is 10.0 Å². The van der Waals surface area contributed by atoms with Gasteiger partial charge in [-0.05, 0) is 36.1 Å². The number of nitrogens with zero attached hydrogens (tertiary/aromatic N) is 2. The van der Waals surface area contributed by atoms with Gasteiger partial charge in [-0.1, -0.05) is 12.1 Å². The molecule has 146 valence electrons. The number of benzene rings is 2. The monoisotopic (exact) mass is 405 g/mol. The summed E-state index contributed by atoms with van der Waals surface area (Å²) in [6.45, 7) is 0.705. The molecule has 4 rings (SSSR count). The highest BCUT2D eigenvalue weighted by molar-refractivity contribution is 7.89. The minimum atomic E-state index is -3.81. The Morgan fingerprint density at radius 3 is 2.29 bits per heavy atom. The summed E-state index contributed by atoms with van der Waals surface area (Å²) < 4.78 is 41.3. The van der Waals surface area contributed by atoms with Crippen molar-refractivity contribution in [3.63, 3.8) is 0 Å². The summed E-state index contributed by atoms with van der Waals surface area (Å²) in [4.78, 5) is 24.0. The van der Waals surface area contributed by atoms with Crippen LogP contribution in [0, 0.1) is 27.8 Å². The van der Waals surface area contributed by atoms with Gasteiger partial charge in [0.05, 0.1) is 15.4 Å². The van der Waals surface area contributed by atoms with E-state index in [0.717, 1.165) is 12.1 Å². The average Bonchev–Trinajstić information content (AvgIpc) is 3.10. The molecule has 10 heteroatoms. The summed E-state index contributed by atoms with van der Waals surface area (Å²) in [5.41, 5.74) is -0.184. The number of likely N-dealkylation sites (tertiary alicyclic amines) is 1. The summed E-state index contributed by atoms with van der Waals surface area (Å²) >= 11 is 0. The molecule has 28 heavy (non-hydrogen) atoms. The molecule has 0 unspecified atom stereocenters. The molecule has 0 spiro atoms. The predicted molar refractivity (Wildman–Crippen MR) is 96.5 cm³/mol. The van der Waals surface area contributed by atoms with Crippen molar-refractivity contribution in [1.82, 2.24) is 9.62 Å². The predicted octanol–water partition coefficient (Wildman–Crippen LogP) is 1.78. The Balaban J connectivity index is 1.39. The molecule has 1 heterocycles. The van der Waals surface area contributed by atoms with E-state index in [9.17, 15) is 27.7 Å². The lowest BCUT2D eigenvalue weighted by atomic mass is 10.2. The molecule has 2 fully saturated rings. The van der Waals surface area contributed by atoms with Crippen molar-refractivity contribution < 1.29 is 22.5 Å². The van der Waals surface area contributed by atoms with E-state index in [4.69, 9.17) is 0 Å². The lowest BCUT2D eigenvalue weighted by molar-refractivity contribution is -0.384. The van der Waals surface area contributed by atoms with Crippen molar-refractivity contribution in [3.8, 4) is 0 Å². The van der Waals surface area contributed by atoms with E-state index < -0.39 is 26.7 Å². The second kappa shape index (κ2) is 6.64. The molecule has 1 N–H and O–H groups in total. The van der Waals surface area contributed by atoms with Crippen LogP contribution < -0.4 is 4.72 Å². The van der Waals surface area contributed by atoms with Gasteiger partial charge in [0.25, 0.3) is 11.6 Å². The first-order chi connectivity index (χ1) is 13.3. The fraction of sp³-hybridized carbons (Fsp3) is 0.278. The number of rotatable bonds is 5. The van der Waals surface area contributed by atoms with E-state index in [2.05, 4.69) is 4.72 Å². The van der Waals surface area contributed by atoms with E-state index in [1.807, 2.05) is 0 Å². The number of sulfonamides is 1. The number of nitrogens with one attached hydrogen (secondary N) is 1. The molecule has 2 aromatic rings. The van der Waals surface area contributed by atoms with Crippen LogP contribution in [-0.4, -0.2) is 43.3 Å². The van der Waals surface area contributed by atoms with Crippen LogP contribution >= 0.6 is 0 Å². The Labute approximate surface area is 160 Å². The second-order valence-corrected chi connectivity index (χ2v) is 8.63. The molecule has 1 amide bonds. The molecular formula is C18H16FN3O5S. The SMILES string of the molecule is O=C(c1ccccc1F)N1C[C@@H]2[C@H](C1)[C@H]2NS(=O)(=O)c1ccc([N+](=O)[O-])cc1. The summed E-state index contributed by atoms with van der Waals surface area (Å²) in [6.07, 6.45) is 0. The fourth-order valence-corrected chi connectivity index (χ4v) is 5.00. The summed E-state index contributed by atoms with van der Waals surface area (Å²) in [5.74, 6) is -1.03. The Bertz CT molecular complexity index is 1050. The first-order valence-electron chi connectivity index (χ1n) is 8.58. The Morgan fingerprint density at radius 1 is 1.11 bits per heavy atom. The van der Waals surface area contributed by atoms with Gasteiger partial charge in [0, 0.05) is 31.3 Å². The molecule has 0 bridgehead atoms. The molecular weight excluding hydrogens is 389 g/mol. The largest absolute Gasteiger partial charge is 0.338 e. The van der Waals surface area contributed by atoms with Gasteiger partial charge in [-0.25, -0.2) is 17.5 Å². The molecule has 1 aliphatic heterocycles. The fourth-order valence-electron chi connectivity index (χ4n) is 3.67. The second-order valence-electron chi connectivity index (χ2n) is 6.92. The maximum atomic E-state index is 13.8. The smallest absolute Gasteiger partial charge is 0.269 e. The van der Waals surface area contributed by atoms with E-state index in [0.29, 0.717) is 13.1 Å². The number of carbonyl (C=O) groups excluding carboxylic acids is 1. The number of non-ortho nitro benzene ring substituents is 1. The highest BCUT2D eigenvalue weighted by Crippen LogP contribution is 2.46. The highest BCUT2D eigenvalue weighted by atomic mass is 32.2. The molecule has 8 nitrogen and oxygen atoms in total. The maximum Gasteiger partial charge on any atom is 0.269 e. The highest BCUT2D eigenvalue weighted by Gasteiger charge is 2.58. The minimum Gasteiger partial charge on any atom is -0.338 e. The number of amides is 1. The van der Waals surface area contributed by atoms with E-state index >= 15 is 0 Å². The number of fused-ring (bicyclic) bond motifs is 1. The Hall–Kier alpha value is -2.85. The number of piperidine rings is 1. The summed E-state index contributed by atoms with van der Waals surface area (Å²) in [5, 5.41) is 10.7. The molecule has 1 saturated carbocycles. The topological polar surface area (TPSA) is 110 Å². The van der Waals surface area contributed by atoms with Crippen LogP contribution in [0.3, 0.4) is 0 Å². The number of hydrogen-bond donors (Lipinski definition) is 1. The molecule has 3 atom stereocenters. The molecule has 2 aliphatic rings. The quantitative estimate of drug-likeness (QED) is 0.602. The zero-order valence-electron chi connectivity index (χ0n) is 14.5. The Kier molecular flexibility index (Phi) is 4.39. The van der Waals surface area contributed by atoms with Crippen molar-refractivity contribution in [2.75, 3.05) is 13.1 Å². The van der Waals surface area contributed by atoms with Crippen molar-refractivity contribution in [3.05, 3.63) is 70.0 Å². The van der Waals surface area contributed by atoms with Crippen LogP contribution in [0.4, 0.5) is 10.1 Å². The molecule has 0 radical (unpaired) electrons. The standard InChI is InChI=1S/C18H16FN3O5S/c19-16-4-2-1-3-13(16)18(23)21-9-14-15(10-21)17(14)20-28(26,27)12-7-5-11(6-8-12)22(24)25/h1-8,14-15,17,20H,9-10H2/t14-,15+,17+. The lowest BCUT2D eigenvalue weighted by Crippen LogP contribution is -2.37. The molecule has 2 aromatic carbocycles. The lowest BCUT2D eigenvalue weighted by Gasteiger charge is -2.20. The zero-order valence-corrected chi connectivity index (χ0v) is 15.3. The minimum absolute atomic E-state index is 0.00631. The molecule has 0 aromatic heterocycles. The van der Waals surface area contributed by atoms with Gasteiger partial charge in [-0.2, -0.15) is 0 Å². The van der Waals surface area contributed by atoms with Crippen molar-refractivity contribution in [1.29, 1.82) is 0 Å². The van der Waals surface area contributed by atoms with Crippen LogP contribution in [-0.2, 0) is 10.0 Å². The first-order valence-corrected chi connectivity index (χ1v) is 10.1. The van der Waals surface area contributed by atoms with Crippen LogP contribution in [0.1, 0.15) is 10.4 Å². The molecule has 1 aliphatic carbocycles. The van der Waals surface area contributed by atoms with Gasteiger partial charge in [-0.15, -0.1) is 0 Å². The van der Waals surface area contributed by atoms with Gasteiger partial charge in [-0.3, -0.25) is 14.9 Å². The van der Waals surface area contributed by atoms with Gasteiger partial charge < -0.3 is 4.90 Å². The van der Waals surface area contributed by atoms with Crippen molar-refractivity contribution in [2.24, 2.45) is 11.8 Å². The zero-order chi connectivity index (χ0) is 20.1. The first kappa shape index (κ1) is 18.5. The normalized spacial score (nSPS) is 23.3. The summed E-state index contributed by atoms with van der Waals surface area (Å²) in [7, 11) is -3.81. The van der Waals surface area contributed by atoms with Crippen LogP contribution in [0.15, 0.2) is 53.4 Å². The van der Waals surface area contributed by atoms with Gasteiger partial charge >= 0.3 is 0 Å². The van der Waals surface area contributed by atoms with Crippen LogP contribution in [0.5, 0.6) is 0 Å². The van der Waals surface area contributed by atoms with Crippen molar-refractivity contribution in [2.45, 2.75) is 10.9 Å². The van der Waals surface area contributed by atoms with E-state index in [1.54, 1.807) is 6.07 Å². The third-order valence-corrected chi connectivity index (χ3v) is 6.71. The number of halogens is 1. The maximum absolute atomic E-state index is 13.8. The van der Waals surface area contributed by atoms with E-state index in [1.165, 1.54) is 35.2 Å². The average molecular weight is 405 g/mol. The number of nitro benzene ring substituents is 1. The Morgan fingerprint density at radius 2 is 1.71 bits per heavy atom. The van der Waals surface area contributed by atoms with Gasteiger partial charge in [0.15, 0.2) is 0 Å². The van der Waals surface area contributed by atoms with E-state index in [-0.39, 0.29) is 34.0 Å². The number of hydrogen-bond acceptors (Lipinski definition) is 5. The number of carbonyl (C=O) groups is 1. The van der Waals surface area contributed by atoms with Crippen LogP contribution in [0.2, 0.25) is 0 Å². The van der Waals surface area contributed by atoms with Crippen molar-refractivity contribution >= 4 is 21.6 Å². The van der Waals surface area contributed by atoms with Gasteiger partial charge in [0.1, 0.15) is 5.82 Å². The summed E-state index contributed by atoms with van der Waals surface area (Å²) in [6, 6.07) is 10.1. The number of nitro groups is 1. The third kappa shape index (κ3) is 3.25. The van der Waals surface area contributed by atoms with Crippen LogP contribution in [0.25, 0.3) is 0 Å².